The number of pyridine rings is 1. The molecule has 1 aliphatic rings. The van der Waals surface area contributed by atoms with Crippen molar-refractivity contribution in [2.24, 2.45) is 0 Å². The molecule has 1 unspecified atom stereocenters. The van der Waals surface area contributed by atoms with Crippen molar-refractivity contribution < 1.29 is 24.0 Å². The van der Waals surface area contributed by atoms with Gasteiger partial charge < -0.3 is 9.47 Å². The maximum absolute atomic E-state index is 13.1. The summed E-state index contributed by atoms with van der Waals surface area (Å²) >= 11 is 1.49. The largest absolute Gasteiger partial charge is 0.490 e. The lowest BCUT2D eigenvalue weighted by Gasteiger charge is -2.11. The molecule has 4 aromatic rings. The van der Waals surface area contributed by atoms with Crippen LogP contribution in [0, 0.1) is 6.92 Å². The van der Waals surface area contributed by atoms with Gasteiger partial charge in [-0.25, -0.2) is 4.98 Å². The van der Waals surface area contributed by atoms with Gasteiger partial charge in [0, 0.05) is 24.2 Å². The molecule has 0 N–H and O–H groups in total. The number of halogens is 3. The summed E-state index contributed by atoms with van der Waals surface area (Å²) in [6.07, 6.45) is -1.93. The molecule has 0 radical (unpaired) electrons. The SMILES string of the molecule is [2H]C1C(c2ccc(C(F)(F)F)cc2)=C(c2ncsc2C)c2ccc(OCCOc3ccncc3)cc21. The van der Waals surface area contributed by atoms with Gasteiger partial charge in [-0.1, -0.05) is 18.2 Å². The summed E-state index contributed by atoms with van der Waals surface area (Å²) < 4.78 is 59.9. The monoisotopic (exact) mass is 495 g/mol. The lowest BCUT2D eigenvalue weighted by molar-refractivity contribution is -0.137. The highest BCUT2D eigenvalue weighted by Crippen LogP contribution is 2.44. The number of rotatable bonds is 7. The van der Waals surface area contributed by atoms with E-state index in [0.717, 1.165) is 39.4 Å². The lowest BCUT2D eigenvalue weighted by Crippen LogP contribution is -2.09. The van der Waals surface area contributed by atoms with E-state index in [-0.39, 0.29) is 0 Å². The van der Waals surface area contributed by atoms with E-state index in [1.807, 2.05) is 25.1 Å². The van der Waals surface area contributed by atoms with Gasteiger partial charge in [-0.05, 0) is 72.0 Å². The first-order chi connectivity index (χ1) is 17.3. The average molecular weight is 496 g/mol. The predicted molar refractivity (Wildman–Crippen MR) is 130 cm³/mol. The molecule has 4 nitrogen and oxygen atoms in total. The van der Waals surface area contributed by atoms with Crippen molar-refractivity contribution in [2.75, 3.05) is 13.2 Å². The number of hydrogen-bond donors (Lipinski definition) is 0. The molecule has 2 aromatic carbocycles. The number of hydrogen-bond acceptors (Lipinski definition) is 5. The topological polar surface area (TPSA) is 44.2 Å². The maximum atomic E-state index is 13.1. The quantitative estimate of drug-likeness (QED) is 0.263. The molecule has 0 aliphatic heterocycles. The smallest absolute Gasteiger partial charge is 0.416 e. The Bertz CT molecular complexity index is 1400. The van der Waals surface area contributed by atoms with Crippen LogP contribution in [0.15, 0.2) is 72.5 Å². The molecule has 35 heavy (non-hydrogen) atoms. The Labute approximate surface area is 206 Å². The van der Waals surface area contributed by atoms with Gasteiger partial charge in [0.05, 0.1) is 16.8 Å². The van der Waals surface area contributed by atoms with Crippen LogP contribution in [0.3, 0.4) is 0 Å². The molecule has 0 saturated heterocycles. The predicted octanol–water partition coefficient (Wildman–Crippen LogP) is 6.84. The van der Waals surface area contributed by atoms with E-state index < -0.39 is 18.1 Å². The van der Waals surface area contributed by atoms with Crippen molar-refractivity contribution in [3.8, 4) is 11.5 Å². The van der Waals surface area contributed by atoms with Crippen LogP contribution in [0.5, 0.6) is 11.5 Å². The van der Waals surface area contributed by atoms with Crippen molar-refractivity contribution in [3.05, 3.63) is 105 Å². The van der Waals surface area contributed by atoms with Crippen LogP contribution in [-0.2, 0) is 12.6 Å². The van der Waals surface area contributed by atoms with Crippen LogP contribution in [0.2, 0.25) is 0 Å². The molecule has 2 aromatic heterocycles. The molecule has 178 valence electrons. The van der Waals surface area contributed by atoms with Crippen LogP contribution in [-0.4, -0.2) is 23.2 Å². The Morgan fingerprint density at radius 2 is 1.69 bits per heavy atom. The number of benzene rings is 2. The van der Waals surface area contributed by atoms with E-state index >= 15 is 0 Å². The molecular weight excluding hydrogens is 473 g/mol. The van der Waals surface area contributed by atoms with Gasteiger partial charge in [-0.15, -0.1) is 11.3 Å². The molecular formula is C27H21F3N2O2S. The highest BCUT2D eigenvalue weighted by atomic mass is 32.1. The number of nitrogens with zero attached hydrogens (tertiary/aromatic N) is 2. The second-order valence-electron chi connectivity index (χ2n) is 7.89. The molecule has 0 saturated carbocycles. The number of ether oxygens (including phenoxy) is 2. The Kier molecular flexibility index (Phi) is 5.96. The molecule has 1 atom stereocenters. The van der Waals surface area contributed by atoms with Gasteiger partial charge in [0.25, 0.3) is 0 Å². The Morgan fingerprint density at radius 1 is 0.971 bits per heavy atom. The number of thiazole rings is 1. The summed E-state index contributed by atoms with van der Waals surface area (Å²) in [4.78, 5) is 9.44. The van der Waals surface area contributed by atoms with Crippen LogP contribution >= 0.6 is 11.3 Å². The van der Waals surface area contributed by atoms with Crippen molar-refractivity contribution in [1.82, 2.24) is 9.97 Å². The first-order valence-electron chi connectivity index (χ1n) is 11.4. The zero-order chi connectivity index (χ0) is 25.3. The second kappa shape index (κ2) is 9.54. The first-order valence-corrected chi connectivity index (χ1v) is 11.8. The van der Waals surface area contributed by atoms with E-state index in [4.69, 9.17) is 10.8 Å². The van der Waals surface area contributed by atoms with Crippen molar-refractivity contribution >= 4 is 22.5 Å². The van der Waals surface area contributed by atoms with Gasteiger partial charge in [-0.3, -0.25) is 4.98 Å². The van der Waals surface area contributed by atoms with Gasteiger partial charge in [0.15, 0.2) is 0 Å². The number of fused-ring (bicyclic) bond motifs is 1. The van der Waals surface area contributed by atoms with Gasteiger partial charge in [-0.2, -0.15) is 13.2 Å². The number of aromatic nitrogens is 2. The Morgan fingerprint density at radius 3 is 2.34 bits per heavy atom. The minimum Gasteiger partial charge on any atom is -0.490 e. The fourth-order valence-corrected chi connectivity index (χ4v) is 4.55. The number of aryl methyl sites for hydroxylation is 1. The maximum Gasteiger partial charge on any atom is 0.416 e. The molecule has 8 heteroatoms. The summed E-state index contributed by atoms with van der Waals surface area (Å²) in [5.74, 6) is 1.29. The molecule has 0 bridgehead atoms. The molecule has 5 rings (SSSR count). The fourth-order valence-electron chi connectivity index (χ4n) is 3.97. The first kappa shape index (κ1) is 21.9. The number of alkyl halides is 3. The Balaban J connectivity index is 1.43. The van der Waals surface area contributed by atoms with Crippen LogP contribution < -0.4 is 9.47 Å². The van der Waals surface area contributed by atoms with E-state index in [1.54, 1.807) is 30.0 Å². The average Bonchev–Trinajstić information content (AvgIpc) is 3.42. The molecule has 2 heterocycles. The zero-order valence-electron chi connectivity index (χ0n) is 19.7. The standard InChI is InChI=1S/C27H21F3N2O2S/c1-17-26(32-16-35-17)25-23-7-6-22(34-13-12-33-21-8-10-31-11-9-21)14-19(23)15-24(25)18-2-4-20(5-3-18)27(28,29)30/h2-11,14,16H,12-13,15H2,1H3/i15D. The third-order valence-corrected chi connectivity index (χ3v) is 6.39. The molecule has 0 spiro atoms. The Hall–Kier alpha value is -3.65. The molecule has 0 fully saturated rings. The molecule has 1 aliphatic carbocycles. The van der Waals surface area contributed by atoms with E-state index in [1.165, 1.54) is 23.5 Å². The minimum atomic E-state index is -4.42. The number of allylic oxidation sites excluding steroid dienone is 1. The molecule has 0 amide bonds. The van der Waals surface area contributed by atoms with E-state index in [2.05, 4.69) is 9.97 Å². The summed E-state index contributed by atoms with van der Waals surface area (Å²) in [6, 6.07) is 14.0. The highest BCUT2D eigenvalue weighted by Gasteiger charge is 2.31. The fraction of sp³-hybridized carbons (Fsp3) is 0.185. The lowest BCUT2D eigenvalue weighted by atomic mass is 9.97. The highest BCUT2D eigenvalue weighted by molar-refractivity contribution is 7.09. The van der Waals surface area contributed by atoms with Crippen LogP contribution in [0.4, 0.5) is 13.2 Å². The van der Waals surface area contributed by atoms with Crippen LogP contribution in [0.1, 0.15) is 34.2 Å². The zero-order valence-corrected chi connectivity index (χ0v) is 19.5. The van der Waals surface area contributed by atoms with E-state index in [9.17, 15) is 13.2 Å². The van der Waals surface area contributed by atoms with Crippen LogP contribution in [0.25, 0.3) is 11.1 Å². The normalized spacial score (nSPS) is 15.7. The van der Waals surface area contributed by atoms with E-state index in [0.29, 0.717) is 35.8 Å². The summed E-state index contributed by atoms with van der Waals surface area (Å²) in [7, 11) is 0. The van der Waals surface area contributed by atoms with Crippen molar-refractivity contribution in [1.29, 1.82) is 0 Å². The minimum absolute atomic E-state index is 0.307. The van der Waals surface area contributed by atoms with Gasteiger partial charge in [0.1, 0.15) is 24.7 Å². The third-order valence-electron chi connectivity index (χ3n) is 5.64. The van der Waals surface area contributed by atoms with Crippen molar-refractivity contribution in [3.63, 3.8) is 0 Å². The summed E-state index contributed by atoms with van der Waals surface area (Å²) in [5, 5.41) is 0. The van der Waals surface area contributed by atoms with Crippen molar-refractivity contribution in [2.45, 2.75) is 19.5 Å². The second-order valence-corrected chi connectivity index (χ2v) is 8.95. The summed E-state index contributed by atoms with van der Waals surface area (Å²) in [6.45, 7) is 2.59. The van der Waals surface area contributed by atoms with Gasteiger partial charge >= 0.3 is 6.18 Å². The van der Waals surface area contributed by atoms with Gasteiger partial charge in [0.2, 0.25) is 0 Å². The summed E-state index contributed by atoms with van der Waals surface area (Å²) in [5.41, 5.74) is 5.28. The third kappa shape index (κ3) is 4.93.